The number of hydrogen-bond acceptors (Lipinski definition) is 7. The van der Waals surface area contributed by atoms with Crippen molar-refractivity contribution >= 4 is 57.8 Å². The molecule has 11 heteroatoms. The molecule has 0 bridgehead atoms. The molecule has 0 unspecified atom stereocenters. The van der Waals surface area contributed by atoms with Gasteiger partial charge in [-0.15, -0.1) is 0 Å². The van der Waals surface area contributed by atoms with Crippen molar-refractivity contribution in [2.75, 3.05) is 18.4 Å². The van der Waals surface area contributed by atoms with Crippen LogP contribution in [0.2, 0.25) is 10.3 Å². The summed E-state index contributed by atoms with van der Waals surface area (Å²) < 4.78 is 6.24. The average molecular weight is 453 g/mol. The molecule has 3 aromatic heterocycles. The maximum absolute atomic E-state index is 6.40. The summed E-state index contributed by atoms with van der Waals surface area (Å²) in [6.45, 7) is 4.85. The van der Waals surface area contributed by atoms with Gasteiger partial charge in [-0.3, -0.25) is 8.99 Å². The Balaban J connectivity index is 1.30. The van der Waals surface area contributed by atoms with Crippen molar-refractivity contribution in [3.8, 4) is 0 Å². The third-order valence-electron chi connectivity index (χ3n) is 5.30. The average Bonchev–Trinajstić information content (AvgIpc) is 3.39. The highest BCUT2D eigenvalue weighted by Crippen LogP contribution is 2.39. The van der Waals surface area contributed by atoms with Gasteiger partial charge < -0.3 is 5.32 Å². The zero-order valence-corrected chi connectivity index (χ0v) is 18.4. The molecule has 1 aliphatic heterocycles. The molecule has 2 fully saturated rings. The second-order valence-corrected chi connectivity index (χ2v) is 9.55. The number of hydrogen-bond donors (Lipinski definition) is 1. The van der Waals surface area contributed by atoms with E-state index in [1.54, 1.807) is 10.9 Å². The smallest absolute Gasteiger partial charge is 0.229 e. The minimum absolute atomic E-state index is 0.364. The molecule has 5 rings (SSSR count). The van der Waals surface area contributed by atoms with E-state index in [0.717, 1.165) is 36.6 Å². The number of halogens is 2. The molecule has 1 N–H and O–H groups in total. The van der Waals surface area contributed by atoms with Gasteiger partial charge in [-0.05, 0) is 32.6 Å². The Bertz CT molecular complexity index is 1020. The first-order valence-corrected chi connectivity index (χ1v) is 11.5. The standard InChI is InChI=1S/C18H22Cl2N8S/c1-2-27-17-13(15(19)24-27)9-21-18(23-17)22-14-10-28(25-16(14)20)11-5-7-26(8-6-11)29-12-3-4-12/h9-12H,2-8H2,1H3,(H,21,22,23). The summed E-state index contributed by atoms with van der Waals surface area (Å²) in [6.07, 6.45) is 8.52. The van der Waals surface area contributed by atoms with Crippen LogP contribution in [-0.4, -0.2) is 52.2 Å². The van der Waals surface area contributed by atoms with E-state index in [1.165, 1.54) is 12.8 Å². The van der Waals surface area contributed by atoms with Crippen LogP contribution in [-0.2, 0) is 6.54 Å². The number of nitrogens with zero attached hydrogens (tertiary/aromatic N) is 7. The number of aryl methyl sites for hydroxylation is 1. The predicted octanol–water partition coefficient (Wildman–Crippen LogP) is 4.54. The summed E-state index contributed by atoms with van der Waals surface area (Å²) >= 11 is 14.6. The van der Waals surface area contributed by atoms with Gasteiger partial charge in [-0.25, -0.2) is 9.67 Å². The molecule has 0 amide bonds. The molecule has 4 heterocycles. The Hall–Kier alpha value is -1.55. The first kappa shape index (κ1) is 19.4. The summed E-state index contributed by atoms with van der Waals surface area (Å²) in [4.78, 5) is 8.91. The summed E-state index contributed by atoms with van der Waals surface area (Å²) in [5, 5.41) is 14.4. The van der Waals surface area contributed by atoms with Crippen molar-refractivity contribution in [1.82, 2.24) is 33.8 Å². The molecule has 0 atom stereocenters. The molecule has 1 saturated carbocycles. The molecule has 0 radical (unpaired) electrons. The van der Waals surface area contributed by atoms with E-state index in [2.05, 4.69) is 29.8 Å². The topological polar surface area (TPSA) is 76.7 Å². The lowest BCUT2D eigenvalue weighted by Crippen LogP contribution is -2.30. The van der Waals surface area contributed by atoms with Crippen LogP contribution >= 0.6 is 35.1 Å². The molecule has 154 valence electrons. The van der Waals surface area contributed by atoms with Gasteiger partial charge in [0.25, 0.3) is 0 Å². The van der Waals surface area contributed by atoms with Crippen LogP contribution in [0.5, 0.6) is 0 Å². The molecule has 29 heavy (non-hydrogen) atoms. The van der Waals surface area contributed by atoms with E-state index in [4.69, 9.17) is 23.2 Å². The second-order valence-electron chi connectivity index (χ2n) is 7.44. The van der Waals surface area contributed by atoms with Crippen LogP contribution in [0.3, 0.4) is 0 Å². The summed E-state index contributed by atoms with van der Waals surface area (Å²) in [7, 11) is 0. The number of anilines is 2. The highest BCUT2D eigenvalue weighted by atomic mass is 35.5. The molecular weight excluding hydrogens is 431 g/mol. The van der Waals surface area contributed by atoms with E-state index in [1.807, 2.05) is 29.8 Å². The van der Waals surface area contributed by atoms with Crippen molar-refractivity contribution in [2.45, 2.75) is 50.4 Å². The number of rotatable bonds is 6. The fourth-order valence-electron chi connectivity index (χ4n) is 3.56. The van der Waals surface area contributed by atoms with Gasteiger partial charge >= 0.3 is 0 Å². The first-order valence-electron chi connectivity index (χ1n) is 9.93. The molecule has 8 nitrogen and oxygen atoms in total. The Labute approximate surface area is 183 Å². The van der Waals surface area contributed by atoms with E-state index >= 15 is 0 Å². The lowest BCUT2D eigenvalue weighted by molar-refractivity contribution is 0.276. The van der Waals surface area contributed by atoms with E-state index < -0.39 is 0 Å². The van der Waals surface area contributed by atoms with Crippen LogP contribution in [0.1, 0.15) is 38.6 Å². The van der Waals surface area contributed by atoms with Gasteiger partial charge in [0.1, 0.15) is 0 Å². The maximum atomic E-state index is 6.40. The largest absolute Gasteiger partial charge is 0.320 e. The summed E-state index contributed by atoms with van der Waals surface area (Å²) in [5.41, 5.74) is 1.40. The molecule has 1 saturated heterocycles. The van der Waals surface area contributed by atoms with E-state index in [-0.39, 0.29) is 0 Å². The SMILES string of the molecule is CCn1nc(Cl)c2cnc(Nc3cn(C4CCN(SC5CC5)CC4)nc3Cl)nc21. The maximum Gasteiger partial charge on any atom is 0.229 e. The Morgan fingerprint density at radius 3 is 2.66 bits per heavy atom. The summed E-state index contributed by atoms with van der Waals surface area (Å²) in [5.74, 6) is 0.445. The molecule has 0 aromatic carbocycles. The van der Waals surface area contributed by atoms with Crippen LogP contribution in [0.4, 0.5) is 11.6 Å². The van der Waals surface area contributed by atoms with Gasteiger partial charge in [-0.2, -0.15) is 15.2 Å². The fraction of sp³-hybridized carbons (Fsp3) is 0.556. The predicted molar refractivity (Wildman–Crippen MR) is 117 cm³/mol. The molecular formula is C18H22Cl2N8S. The zero-order valence-electron chi connectivity index (χ0n) is 16.1. The first-order chi connectivity index (χ1) is 14.1. The Morgan fingerprint density at radius 1 is 1.14 bits per heavy atom. The number of aromatic nitrogens is 6. The normalized spacial score (nSPS) is 18.6. The molecule has 0 spiro atoms. The van der Waals surface area contributed by atoms with Crippen molar-refractivity contribution < 1.29 is 0 Å². The minimum atomic E-state index is 0.364. The van der Waals surface area contributed by atoms with E-state index in [9.17, 15) is 0 Å². The third-order valence-corrected chi connectivity index (χ3v) is 7.29. The molecule has 2 aliphatic rings. The van der Waals surface area contributed by atoms with Crippen molar-refractivity contribution in [3.63, 3.8) is 0 Å². The van der Waals surface area contributed by atoms with Crippen molar-refractivity contribution in [2.24, 2.45) is 0 Å². The quantitative estimate of drug-likeness (QED) is 0.549. The number of fused-ring (bicyclic) bond motifs is 1. The highest BCUT2D eigenvalue weighted by molar-refractivity contribution is 7.97. The van der Waals surface area contributed by atoms with Gasteiger partial charge in [-0.1, -0.05) is 35.1 Å². The number of nitrogens with one attached hydrogen (secondary N) is 1. The molecule has 1 aliphatic carbocycles. The van der Waals surface area contributed by atoms with Crippen LogP contribution in [0.15, 0.2) is 12.4 Å². The van der Waals surface area contributed by atoms with E-state index in [0.29, 0.717) is 40.2 Å². The van der Waals surface area contributed by atoms with Crippen molar-refractivity contribution in [1.29, 1.82) is 0 Å². The van der Waals surface area contributed by atoms with Crippen molar-refractivity contribution in [3.05, 3.63) is 22.7 Å². The highest BCUT2D eigenvalue weighted by Gasteiger charge is 2.29. The van der Waals surface area contributed by atoms with Gasteiger partial charge in [0.05, 0.1) is 23.3 Å². The molecule has 3 aromatic rings. The monoisotopic (exact) mass is 452 g/mol. The summed E-state index contributed by atoms with van der Waals surface area (Å²) in [6, 6.07) is 0.364. The third kappa shape index (κ3) is 4.05. The van der Waals surface area contributed by atoms with Crippen LogP contribution in [0.25, 0.3) is 11.0 Å². The Kier molecular flexibility index (Phi) is 5.32. The van der Waals surface area contributed by atoms with Gasteiger partial charge in [0.15, 0.2) is 16.0 Å². The lowest BCUT2D eigenvalue weighted by atomic mass is 10.1. The van der Waals surface area contributed by atoms with Crippen LogP contribution < -0.4 is 5.32 Å². The van der Waals surface area contributed by atoms with Crippen LogP contribution in [0, 0.1) is 0 Å². The van der Waals surface area contributed by atoms with Gasteiger partial charge in [0.2, 0.25) is 5.95 Å². The number of piperidine rings is 1. The minimum Gasteiger partial charge on any atom is -0.320 e. The lowest BCUT2D eigenvalue weighted by Gasteiger charge is -2.31. The van der Waals surface area contributed by atoms with Gasteiger partial charge in [0, 0.05) is 31.1 Å². The zero-order chi connectivity index (χ0) is 20.0. The fourth-order valence-corrected chi connectivity index (χ4v) is 5.16. The Morgan fingerprint density at radius 2 is 1.93 bits per heavy atom. The second kappa shape index (κ2) is 7.94.